The van der Waals surface area contributed by atoms with E-state index in [1.54, 1.807) is 0 Å². The summed E-state index contributed by atoms with van der Waals surface area (Å²) >= 11 is 0. The van der Waals surface area contributed by atoms with Crippen LogP contribution in [0.25, 0.3) is 0 Å². The van der Waals surface area contributed by atoms with Gasteiger partial charge in [-0.3, -0.25) is 14.6 Å². The molecule has 1 fully saturated rings. The van der Waals surface area contributed by atoms with Gasteiger partial charge in [-0.1, -0.05) is 0 Å². The Labute approximate surface area is 150 Å². The van der Waals surface area contributed by atoms with Crippen LogP contribution in [0.1, 0.15) is 30.1 Å². The minimum absolute atomic E-state index is 0.427. The van der Waals surface area contributed by atoms with E-state index in [9.17, 15) is 0 Å². The highest BCUT2D eigenvalue weighted by Gasteiger charge is 2.32. The van der Waals surface area contributed by atoms with E-state index in [0.29, 0.717) is 12.0 Å². The number of pyridine rings is 1. The molecule has 0 aromatic carbocycles. The van der Waals surface area contributed by atoms with Crippen LogP contribution in [-0.4, -0.2) is 53.9 Å². The molecular formula is C19H30N6. The van der Waals surface area contributed by atoms with Gasteiger partial charge in [0.05, 0.1) is 11.7 Å². The van der Waals surface area contributed by atoms with E-state index < -0.39 is 0 Å². The number of anilines is 1. The lowest BCUT2D eigenvalue weighted by Crippen LogP contribution is -2.41. The second kappa shape index (κ2) is 7.97. The number of rotatable bonds is 6. The molecule has 2 atom stereocenters. The Morgan fingerprint density at radius 3 is 2.80 bits per heavy atom. The van der Waals surface area contributed by atoms with Gasteiger partial charge < -0.3 is 10.2 Å². The van der Waals surface area contributed by atoms with Crippen LogP contribution >= 0.6 is 0 Å². The minimum Gasteiger partial charge on any atom is -0.377 e. The summed E-state index contributed by atoms with van der Waals surface area (Å²) in [7, 11) is 8.43. The molecule has 1 N–H and O–H groups in total. The highest BCUT2D eigenvalue weighted by atomic mass is 15.3. The highest BCUT2D eigenvalue weighted by Crippen LogP contribution is 2.34. The first kappa shape index (κ1) is 17.9. The number of hydrogen-bond donors (Lipinski definition) is 1. The summed E-state index contributed by atoms with van der Waals surface area (Å²) in [5.74, 6) is 0.591. The third-order valence-corrected chi connectivity index (χ3v) is 5.25. The van der Waals surface area contributed by atoms with Gasteiger partial charge >= 0.3 is 0 Å². The molecule has 0 aliphatic carbocycles. The third-order valence-electron chi connectivity index (χ3n) is 5.25. The molecule has 25 heavy (non-hydrogen) atoms. The standard InChI is InChI=1S/C19H30N6/c1-23(2)17-7-9-20-13-16(17)14-21-12-15-6-5-11-24(3)19(15)18-8-10-22-25(18)4/h7-10,13,15,19,21H,5-6,11-12,14H2,1-4H3/t15-,19+/m0/s1. The Bertz CT molecular complexity index is 680. The Kier molecular flexibility index (Phi) is 5.71. The van der Waals surface area contributed by atoms with E-state index in [2.05, 4.69) is 58.5 Å². The molecule has 1 aliphatic heterocycles. The van der Waals surface area contributed by atoms with E-state index in [1.807, 2.05) is 30.3 Å². The number of piperidine rings is 1. The molecule has 0 spiro atoms. The lowest BCUT2D eigenvalue weighted by Gasteiger charge is -2.39. The van der Waals surface area contributed by atoms with Crippen LogP contribution in [0.4, 0.5) is 5.69 Å². The van der Waals surface area contributed by atoms with E-state index in [1.165, 1.54) is 29.8 Å². The fourth-order valence-electron chi connectivity index (χ4n) is 4.00. The number of aromatic nitrogens is 3. The average molecular weight is 342 g/mol. The largest absolute Gasteiger partial charge is 0.377 e. The number of likely N-dealkylation sites (tertiary alicyclic amines) is 1. The zero-order valence-electron chi connectivity index (χ0n) is 15.8. The molecule has 0 amide bonds. The third kappa shape index (κ3) is 4.02. The maximum atomic E-state index is 4.38. The molecule has 136 valence electrons. The molecule has 0 saturated carbocycles. The van der Waals surface area contributed by atoms with Crippen LogP contribution in [0.3, 0.4) is 0 Å². The molecule has 6 nitrogen and oxygen atoms in total. The summed E-state index contributed by atoms with van der Waals surface area (Å²) in [6, 6.07) is 4.66. The van der Waals surface area contributed by atoms with Crippen LogP contribution in [0.2, 0.25) is 0 Å². The van der Waals surface area contributed by atoms with Crippen LogP contribution in [0.15, 0.2) is 30.7 Å². The summed E-state index contributed by atoms with van der Waals surface area (Å²) in [6.07, 6.45) is 8.23. The van der Waals surface area contributed by atoms with Gasteiger partial charge in [0.2, 0.25) is 0 Å². The number of nitrogens with zero attached hydrogens (tertiary/aromatic N) is 5. The van der Waals surface area contributed by atoms with Crippen LogP contribution in [0.5, 0.6) is 0 Å². The maximum absolute atomic E-state index is 4.38. The van der Waals surface area contributed by atoms with E-state index in [-0.39, 0.29) is 0 Å². The van der Waals surface area contributed by atoms with Gasteiger partial charge in [0, 0.05) is 64.1 Å². The normalized spacial score (nSPS) is 21.4. The Hall–Kier alpha value is -1.92. The van der Waals surface area contributed by atoms with Crippen molar-refractivity contribution < 1.29 is 0 Å². The smallest absolute Gasteiger partial charge is 0.0555 e. The maximum Gasteiger partial charge on any atom is 0.0555 e. The van der Waals surface area contributed by atoms with Crippen LogP contribution < -0.4 is 10.2 Å². The number of aryl methyl sites for hydroxylation is 1. The molecule has 0 radical (unpaired) electrons. The van der Waals surface area contributed by atoms with E-state index in [0.717, 1.165) is 19.6 Å². The van der Waals surface area contributed by atoms with Crippen molar-refractivity contribution in [2.75, 3.05) is 39.1 Å². The summed E-state index contributed by atoms with van der Waals surface area (Å²) in [5.41, 5.74) is 3.78. The molecule has 0 bridgehead atoms. The first-order chi connectivity index (χ1) is 12.1. The lowest BCUT2D eigenvalue weighted by molar-refractivity contribution is 0.113. The van der Waals surface area contributed by atoms with Crippen molar-refractivity contribution in [1.29, 1.82) is 0 Å². The van der Waals surface area contributed by atoms with Gasteiger partial charge in [-0.05, 0) is 44.5 Å². The summed E-state index contributed by atoms with van der Waals surface area (Å²) in [4.78, 5) is 8.90. The molecule has 1 saturated heterocycles. The number of nitrogens with one attached hydrogen (secondary N) is 1. The second-order valence-corrected chi connectivity index (χ2v) is 7.24. The zero-order valence-corrected chi connectivity index (χ0v) is 15.8. The van der Waals surface area contributed by atoms with Gasteiger partial charge in [-0.15, -0.1) is 0 Å². The molecule has 2 aromatic heterocycles. The SMILES string of the molecule is CN(C)c1ccncc1CNC[C@@H]1CCCN(C)[C@H]1c1ccnn1C. The monoisotopic (exact) mass is 342 g/mol. The van der Waals surface area contributed by atoms with Crippen molar-refractivity contribution in [1.82, 2.24) is 25.0 Å². The number of hydrogen-bond acceptors (Lipinski definition) is 5. The minimum atomic E-state index is 0.427. The van der Waals surface area contributed by atoms with Crippen molar-refractivity contribution in [3.05, 3.63) is 42.0 Å². The predicted octanol–water partition coefficient (Wildman–Crippen LogP) is 2.05. The second-order valence-electron chi connectivity index (χ2n) is 7.24. The van der Waals surface area contributed by atoms with Crippen LogP contribution in [-0.2, 0) is 13.6 Å². The van der Waals surface area contributed by atoms with Gasteiger partial charge in [0.25, 0.3) is 0 Å². The summed E-state index contributed by atoms with van der Waals surface area (Å²) in [6.45, 7) is 3.00. The quantitative estimate of drug-likeness (QED) is 0.871. The molecule has 3 heterocycles. The Balaban J connectivity index is 1.66. The molecule has 1 aliphatic rings. The fraction of sp³-hybridized carbons (Fsp3) is 0.579. The summed E-state index contributed by atoms with van der Waals surface area (Å²) in [5, 5.41) is 8.05. The van der Waals surface area contributed by atoms with Gasteiger partial charge in [-0.2, -0.15) is 5.10 Å². The van der Waals surface area contributed by atoms with Crippen LogP contribution in [0, 0.1) is 5.92 Å². The molecule has 3 rings (SSSR count). The first-order valence-electron chi connectivity index (χ1n) is 9.07. The fourth-order valence-corrected chi connectivity index (χ4v) is 4.00. The summed E-state index contributed by atoms with van der Waals surface area (Å²) < 4.78 is 2.02. The average Bonchev–Trinajstić information content (AvgIpc) is 3.01. The van der Waals surface area contributed by atoms with Gasteiger partial charge in [-0.25, -0.2) is 0 Å². The Morgan fingerprint density at radius 1 is 1.24 bits per heavy atom. The van der Waals surface area contributed by atoms with Crippen molar-refractivity contribution in [3.8, 4) is 0 Å². The lowest BCUT2D eigenvalue weighted by atomic mass is 9.87. The molecule has 2 aromatic rings. The molecule has 0 unspecified atom stereocenters. The topological polar surface area (TPSA) is 49.2 Å². The molecular weight excluding hydrogens is 312 g/mol. The predicted molar refractivity (Wildman–Crippen MR) is 102 cm³/mol. The zero-order chi connectivity index (χ0) is 17.8. The van der Waals surface area contributed by atoms with Crippen molar-refractivity contribution >= 4 is 5.69 Å². The van der Waals surface area contributed by atoms with E-state index >= 15 is 0 Å². The van der Waals surface area contributed by atoms with Crippen molar-refractivity contribution in [2.24, 2.45) is 13.0 Å². The first-order valence-corrected chi connectivity index (χ1v) is 9.07. The molecule has 6 heteroatoms. The van der Waals surface area contributed by atoms with Crippen molar-refractivity contribution in [2.45, 2.75) is 25.4 Å². The van der Waals surface area contributed by atoms with E-state index in [4.69, 9.17) is 0 Å². The van der Waals surface area contributed by atoms with Crippen molar-refractivity contribution in [3.63, 3.8) is 0 Å². The van der Waals surface area contributed by atoms with Gasteiger partial charge in [0.1, 0.15) is 0 Å². The highest BCUT2D eigenvalue weighted by molar-refractivity contribution is 5.50. The van der Waals surface area contributed by atoms with Gasteiger partial charge in [0.15, 0.2) is 0 Å². The Morgan fingerprint density at radius 2 is 2.08 bits per heavy atom.